The van der Waals surface area contributed by atoms with Gasteiger partial charge in [-0.05, 0) is 30.5 Å². The molecule has 0 aliphatic rings. The lowest BCUT2D eigenvalue weighted by Crippen LogP contribution is -2.36. The van der Waals surface area contributed by atoms with Crippen molar-refractivity contribution in [1.82, 2.24) is 5.32 Å². The third-order valence-corrected chi connectivity index (χ3v) is 3.89. The molecule has 0 aliphatic carbocycles. The van der Waals surface area contributed by atoms with Crippen LogP contribution in [-0.2, 0) is 5.41 Å². The first-order chi connectivity index (χ1) is 7.06. The van der Waals surface area contributed by atoms with E-state index in [9.17, 15) is 0 Å². The molecule has 2 nitrogen and oxygen atoms in total. The highest BCUT2D eigenvalue weighted by Crippen LogP contribution is 2.26. The molecule has 0 fully saturated rings. The lowest BCUT2D eigenvalue weighted by Gasteiger charge is -2.24. The van der Waals surface area contributed by atoms with Crippen LogP contribution in [0.5, 0.6) is 0 Å². The van der Waals surface area contributed by atoms with Gasteiger partial charge in [0.2, 0.25) is 0 Å². The third kappa shape index (κ3) is 3.93. The monoisotopic (exact) mass is 226 g/mol. The quantitative estimate of drug-likeness (QED) is 0.780. The van der Waals surface area contributed by atoms with E-state index in [-0.39, 0.29) is 5.41 Å². The SMILES string of the molecule is CC(CN)CNCC(C)(C)c1cccs1. The van der Waals surface area contributed by atoms with Crippen LogP contribution in [0, 0.1) is 5.92 Å². The van der Waals surface area contributed by atoms with Crippen molar-refractivity contribution >= 4 is 11.3 Å². The summed E-state index contributed by atoms with van der Waals surface area (Å²) in [4.78, 5) is 1.44. The normalized spacial score (nSPS) is 14.1. The summed E-state index contributed by atoms with van der Waals surface area (Å²) in [5, 5.41) is 5.63. The minimum atomic E-state index is 0.225. The largest absolute Gasteiger partial charge is 0.330 e. The lowest BCUT2D eigenvalue weighted by molar-refractivity contribution is 0.440. The van der Waals surface area contributed by atoms with Crippen LogP contribution in [0.1, 0.15) is 25.6 Å². The van der Waals surface area contributed by atoms with Crippen LogP contribution in [0.25, 0.3) is 0 Å². The smallest absolute Gasteiger partial charge is 0.0115 e. The zero-order valence-electron chi connectivity index (χ0n) is 9.92. The Balaban J connectivity index is 2.37. The fourth-order valence-electron chi connectivity index (χ4n) is 1.47. The zero-order chi connectivity index (χ0) is 11.3. The van der Waals surface area contributed by atoms with Crippen LogP contribution in [0.2, 0.25) is 0 Å². The lowest BCUT2D eigenvalue weighted by atomic mass is 9.91. The molecule has 0 aromatic carbocycles. The van der Waals surface area contributed by atoms with Crippen LogP contribution in [0.15, 0.2) is 17.5 Å². The van der Waals surface area contributed by atoms with Gasteiger partial charge in [-0.25, -0.2) is 0 Å². The average Bonchev–Trinajstić information content (AvgIpc) is 2.70. The average molecular weight is 226 g/mol. The molecular formula is C12H22N2S. The van der Waals surface area contributed by atoms with Gasteiger partial charge >= 0.3 is 0 Å². The standard InChI is InChI=1S/C12H22N2S/c1-10(7-13)8-14-9-12(2,3)11-5-4-6-15-11/h4-6,10,14H,7-9,13H2,1-3H3. The van der Waals surface area contributed by atoms with Crippen molar-refractivity contribution in [1.29, 1.82) is 0 Å². The number of rotatable bonds is 6. The Morgan fingerprint density at radius 1 is 1.53 bits per heavy atom. The Hall–Kier alpha value is -0.380. The van der Waals surface area contributed by atoms with Crippen LogP contribution in [0.4, 0.5) is 0 Å². The van der Waals surface area contributed by atoms with Gasteiger partial charge in [0.25, 0.3) is 0 Å². The van der Waals surface area contributed by atoms with Crippen molar-refractivity contribution in [3.63, 3.8) is 0 Å². The van der Waals surface area contributed by atoms with Gasteiger partial charge in [-0.1, -0.05) is 26.8 Å². The second-order valence-corrected chi connectivity index (χ2v) is 5.78. The van der Waals surface area contributed by atoms with Crippen molar-refractivity contribution in [2.45, 2.75) is 26.2 Å². The number of hydrogen-bond acceptors (Lipinski definition) is 3. The molecule has 0 amide bonds. The van der Waals surface area contributed by atoms with Gasteiger partial charge in [-0.15, -0.1) is 11.3 Å². The molecule has 3 heteroatoms. The molecule has 0 radical (unpaired) electrons. The molecule has 1 atom stereocenters. The number of hydrogen-bond donors (Lipinski definition) is 2. The molecule has 0 bridgehead atoms. The highest BCUT2D eigenvalue weighted by molar-refractivity contribution is 7.10. The first-order valence-corrected chi connectivity index (χ1v) is 6.39. The van der Waals surface area contributed by atoms with E-state index in [1.54, 1.807) is 0 Å². The third-order valence-electron chi connectivity index (χ3n) is 2.65. The van der Waals surface area contributed by atoms with Crippen molar-refractivity contribution in [2.75, 3.05) is 19.6 Å². The fourth-order valence-corrected chi connectivity index (χ4v) is 2.32. The summed E-state index contributed by atoms with van der Waals surface area (Å²) < 4.78 is 0. The molecule has 0 spiro atoms. The maximum atomic E-state index is 5.58. The van der Waals surface area contributed by atoms with Crippen molar-refractivity contribution in [3.8, 4) is 0 Å². The van der Waals surface area contributed by atoms with E-state index in [0.29, 0.717) is 5.92 Å². The van der Waals surface area contributed by atoms with Gasteiger partial charge in [0.15, 0.2) is 0 Å². The Labute approximate surface area is 96.9 Å². The van der Waals surface area contributed by atoms with E-state index in [4.69, 9.17) is 5.73 Å². The van der Waals surface area contributed by atoms with E-state index < -0.39 is 0 Å². The molecule has 1 unspecified atom stereocenters. The van der Waals surface area contributed by atoms with Crippen LogP contribution >= 0.6 is 11.3 Å². The molecule has 0 saturated carbocycles. The number of thiophene rings is 1. The van der Waals surface area contributed by atoms with Gasteiger partial charge in [-0.2, -0.15) is 0 Å². The summed E-state index contributed by atoms with van der Waals surface area (Å²) in [7, 11) is 0. The van der Waals surface area contributed by atoms with E-state index in [2.05, 4.69) is 43.6 Å². The summed E-state index contributed by atoms with van der Waals surface area (Å²) in [6.45, 7) is 9.50. The molecule has 15 heavy (non-hydrogen) atoms. The van der Waals surface area contributed by atoms with Crippen molar-refractivity contribution in [2.24, 2.45) is 11.7 Å². The number of nitrogens with one attached hydrogen (secondary N) is 1. The number of nitrogens with two attached hydrogens (primary N) is 1. The van der Waals surface area contributed by atoms with Gasteiger partial charge in [0.1, 0.15) is 0 Å². The van der Waals surface area contributed by atoms with Gasteiger partial charge in [-0.3, -0.25) is 0 Å². The molecule has 1 aromatic heterocycles. The fraction of sp³-hybridized carbons (Fsp3) is 0.667. The molecule has 0 aliphatic heterocycles. The minimum Gasteiger partial charge on any atom is -0.330 e. The summed E-state index contributed by atoms with van der Waals surface area (Å²) in [6.07, 6.45) is 0. The predicted octanol–water partition coefficient (Wildman–Crippen LogP) is 2.21. The first kappa shape index (κ1) is 12.7. The van der Waals surface area contributed by atoms with Crippen LogP contribution in [-0.4, -0.2) is 19.6 Å². The first-order valence-electron chi connectivity index (χ1n) is 5.51. The molecule has 86 valence electrons. The van der Waals surface area contributed by atoms with Crippen LogP contribution in [0.3, 0.4) is 0 Å². The zero-order valence-corrected chi connectivity index (χ0v) is 10.7. The molecule has 0 saturated heterocycles. The molecular weight excluding hydrogens is 204 g/mol. The Bertz CT molecular complexity index is 267. The predicted molar refractivity (Wildman–Crippen MR) is 68.4 cm³/mol. The van der Waals surface area contributed by atoms with Gasteiger partial charge in [0, 0.05) is 16.8 Å². The highest BCUT2D eigenvalue weighted by Gasteiger charge is 2.21. The summed E-state index contributed by atoms with van der Waals surface area (Å²) in [5.41, 5.74) is 5.80. The Kier molecular flexibility index (Phi) is 4.77. The summed E-state index contributed by atoms with van der Waals surface area (Å²) in [6, 6.07) is 4.32. The highest BCUT2D eigenvalue weighted by atomic mass is 32.1. The van der Waals surface area contributed by atoms with Crippen LogP contribution < -0.4 is 11.1 Å². The maximum absolute atomic E-state index is 5.58. The van der Waals surface area contributed by atoms with Gasteiger partial charge in [0.05, 0.1) is 0 Å². The van der Waals surface area contributed by atoms with E-state index in [1.807, 2.05) is 11.3 Å². The molecule has 1 heterocycles. The summed E-state index contributed by atoms with van der Waals surface area (Å²) in [5.74, 6) is 0.559. The molecule has 1 rings (SSSR count). The second-order valence-electron chi connectivity index (χ2n) is 4.83. The molecule has 1 aromatic rings. The Morgan fingerprint density at radius 2 is 2.27 bits per heavy atom. The van der Waals surface area contributed by atoms with E-state index in [0.717, 1.165) is 19.6 Å². The maximum Gasteiger partial charge on any atom is 0.0115 e. The van der Waals surface area contributed by atoms with Crippen molar-refractivity contribution in [3.05, 3.63) is 22.4 Å². The topological polar surface area (TPSA) is 38.0 Å². The Morgan fingerprint density at radius 3 is 2.80 bits per heavy atom. The van der Waals surface area contributed by atoms with Crippen molar-refractivity contribution < 1.29 is 0 Å². The summed E-state index contributed by atoms with van der Waals surface area (Å²) >= 11 is 1.83. The second kappa shape index (κ2) is 5.64. The molecule has 3 N–H and O–H groups in total. The van der Waals surface area contributed by atoms with E-state index >= 15 is 0 Å². The minimum absolute atomic E-state index is 0.225. The van der Waals surface area contributed by atoms with Gasteiger partial charge < -0.3 is 11.1 Å². The van der Waals surface area contributed by atoms with E-state index in [1.165, 1.54) is 4.88 Å².